The Hall–Kier alpha value is -2.12. The van der Waals surface area contributed by atoms with Gasteiger partial charge in [0.25, 0.3) is 0 Å². The van der Waals surface area contributed by atoms with E-state index in [-0.39, 0.29) is 13.0 Å². The summed E-state index contributed by atoms with van der Waals surface area (Å²) in [5.41, 5.74) is 0. The fraction of sp³-hybridized carbons (Fsp3) is 0.895. The molecule has 1 aliphatic rings. The van der Waals surface area contributed by atoms with E-state index in [1.54, 1.807) is 6.08 Å². The molecule has 1 fully saturated rings. The molecule has 0 spiro atoms. The summed E-state index contributed by atoms with van der Waals surface area (Å²) in [7, 11) is 0. The number of hydrogen-bond acceptors (Lipinski definition) is 10. The van der Waals surface area contributed by atoms with Gasteiger partial charge < -0.3 is 45.1 Å². The minimum atomic E-state index is -1.61. The van der Waals surface area contributed by atoms with Crippen molar-refractivity contribution in [3.05, 3.63) is 36.5 Å². The van der Waals surface area contributed by atoms with Gasteiger partial charge in [0.1, 0.15) is 24.4 Å². The second kappa shape index (κ2) is 64.0. The second-order valence-corrected chi connectivity index (χ2v) is 26.4. The molecule has 512 valence electrons. The molecule has 0 bridgehead atoms. The van der Waals surface area contributed by atoms with Crippen LogP contribution in [-0.4, -0.2) is 99.6 Å². The maximum absolute atomic E-state index is 13.5. The van der Waals surface area contributed by atoms with Crippen LogP contribution >= 0.6 is 0 Å². The van der Waals surface area contributed by atoms with Crippen molar-refractivity contribution in [2.45, 2.75) is 423 Å². The Morgan fingerprint density at radius 2 is 0.793 bits per heavy atom. The molecule has 1 saturated heterocycles. The number of amides is 1. The molecule has 6 N–H and O–H groups in total. The van der Waals surface area contributed by atoms with Crippen molar-refractivity contribution in [2.75, 3.05) is 13.2 Å². The molecule has 11 nitrogen and oxygen atoms in total. The summed E-state index contributed by atoms with van der Waals surface area (Å²) >= 11 is 0. The van der Waals surface area contributed by atoms with Crippen LogP contribution in [0.3, 0.4) is 0 Å². The van der Waals surface area contributed by atoms with Crippen molar-refractivity contribution >= 4 is 11.9 Å². The quantitative estimate of drug-likeness (QED) is 0.0195. The number of hydrogen-bond donors (Lipinski definition) is 6. The molecular formula is C76H143NO10. The third-order valence-corrected chi connectivity index (χ3v) is 18.0. The van der Waals surface area contributed by atoms with Gasteiger partial charge in [-0.15, -0.1) is 0 Å². The lowest BCUT2D eigenvalue weighted by Gasteiger charge is -2.41. The fourth-order valence-corrected chi connectivity index (χ4v) is 12.1. The zero-order valence-electron chi connectivity index (χ0n) is 57.2. The Kier molecular flexibility index (Phi) is 61.0. The van der Waals surface area contributed by atoms with E-state index in [4.69, 9.17) is 14.2 Å². The molecule has 0 saturated carbocycles. The number of ether oxygens (including phenoxy) is 3. The van der Waals surface area contributed by atoms with Gasteiger partial charge in [-0.2, -0.15) is 0 Å². The smallest absolute Gasteiger partial charge is 0.306 e. The number of carbonyl (C=O) groups is 2. The van der Waals surface area contributed by atoms with Gasteiger partial charge in [-0.25, -0.2) is 0 Å². The highest BCUT2D eigenvalue weighted by atomic mass is 16.7. The van der Waals surface area contributed by atoms with Crippen molar-refractivity contribution < 1.29 is 49.3 Å². The van der Waals surface area contributed by atoms with Crippen LogP contribution in [0, 0.1) is 0 Å². The summed E-state index contributed by atoms with van der Waals surface area (Å²) in [4.78, 5) is 26.7. The molecule has 0 radical (unpaired) electrons. The molecule has 1 amide bonds. The molecule has 1 aliphatic heterocycles. The predicted molar refractivity (Wildman–Crippen MR) is 366 cm³/mol. The van der Waals surface area contributed by atoms with Crippen LogP contribution < -0.4 is 5.32 Å². The maximum Gasteiger partial charge on any atom is 0.306 e. The Balaban J connectivity index is 2.54. The van der Waals surface area contributed by atoms with E-state index in [2.05, 4.69) is 50.4 Å². The Bertz CT molecular complexity index is 1560. The number of unbranched alkanes of at least 4 members (excludes halogenated alkanes) is 48. The Morgan fingerprint density at radius 1 is 0.448 bits per heavy atom. The third-order valence-electron chi connectivity index (χ3n) is 18.0. The monoisotopic (exact) mass is 1230 g/mol. The lowest BCUT2D eigenvalue weighted by atomic mass is 9.99. The Labute approximate surface area is 536 Å². The molecule has 0 aliphatic carbocycles. The number of esters is 1. The molecule has 87 heavy (non-hydrogen) atoms. The number of allylic oxidation sites excluding steroid dienone is 5. The minimum absolute atomic E-state index is 0.130. The summed E-state index contributed by atoms with van der Waals surface area (Å²) in [6.07, 6.45) is 69.0. The van der Waals surface area contributed by atoms with Gasteiger partial charge in [0.05, 0.1) is 25.4 Å². The first-order valence-electron chi connectivity index (χ1n) is 37.8. The van der Waals surface area contributed by atoms with Gasteiger partial charge in [-0.05, 0) is 57.8 Å². The van der Waals surface area contributed by atoms with Crippen molar-refractivity contribution in [1.82, 2.24) is 5.32 Å². The number of aliphatic hydroxyl groups excluding tert-OH is 5. The lowest BCUT2D eigenvalue weighted by Crippen LogP contribution is -2.61. The highest BCUT2D eigenvalue weighted by Gasteiger charge is 2.47. The molecule has 8 atom stereocenters. The van der Waals surface area contributed by atoms with Crippen LogP contribution in [0.2, 0.25) is 0 Å². The second-order valence-electron chi connectivity index (χ2n) is 26.4. The summed E-state index contributed by atoms with van der Waals surface area (Å²) in [6.45, 7) is 5.84. The molecular weight excluding hydrogens is 1090 g/mol. The van der Waals surface area contributed by atoms with E-state index < -0.39 is 67.4 Å². The van der Waals surface area contributed by atoms with Gasteiger partial charge in [-0.3, -0.25) is 9.59 Å². The van der Waals surface area contributed by atoms with Gasteiger partial charge in [-0.1, -0.05) is 346 Å². The van der Waals surface area contributed by atoms with Crippen molar-refractivity contribution in [3.8, 4) is 0 Å². The largest absolute Gasteiger partial charge is 0.454 e. The normalized spacial score (nSPS) is 18.4. The van der Waals surface area contributed by atoms with E-state index in [1.807, 2.05) is 6.08 Å². The van der Waals surface area contributed by atoms with Crippen molar-refractivity contribution in [2.24, 2.45) is 0 Å². The molecule has 0 aromatic carbocycles. The lowest BCUT2D eigenvalue weighted by molar-refractivity contribution is -0.305. The number of aliphatic hydroxyl groups is 5. The first kappa shape index (κ1) is 82.9. The third kappa shape index (κ3) is 51.1. The SMILES string of the molecule is CCCCC/C=C\C/C=C\CCCCCCCCCCCCCCCCC(O)C(=O)NC(COC1OC(CO)C(O)C(O)C1OC(=O)CCCCCCCCCCCCCCCCCCCCCCC)C(O)/C=C/CCCCCCCCCCCCC. The van der Waals surface area contributed by atoms with E-state index in [9.17, 15) is 35.1 Å². The van der Waals surface area contributed by atoms with Crippen molar-refractivity contribution in [1.29, 1.82) is 0 Å². The summed E-state index contributed by atoms with van der Waals surface area (Å²) in [5, 5.41) is 57.4. The summed E-state index contributed by atoms with van der Waals surface area (Å²) in [6, 6.07) is -1.02. The molecule has 8 unspecified atom stereocenters. The van der Waals surface area contributed by atoms with Gasteiger partial charge in [0, 0.05) is 6.42 Å². The predicted octanol–water partition coefficient (Wildman–Crippen LogP) is 19.7. The van der Waals surface area contributed by atoms with Crippen LogP contribution in [0.4, 0.5) is 0 Å². The van der Waals surface area contributed by atoms with E-state index in [1.165, 1.54) is 263 Å². The standard InChI is InChI=1S/C76H143NO10/c1-4-7-10-13-16-19-22-25-27-29-31-33-34-35-37-38-40-42-45-48-51-54-57-60-63-69(80)75(84)77-67(68(79)62-59-56-53-50-47-44-24-21-18-15-12-9-6-3)66-85-76-74(73(83)72(82)70(65-78)86-76)87-71(81)64-61-58-55-52-49-46-43-41-39-36-32-30-28-26-23-20-17-14-11-8-5-2/h16,19,25,27,59,62,67-70,72-74,76,78-80,82-83H,4-15,17-18,20-24,26,28-58,60-61,63-66H2,1-3H3,(H,77,84)/b19-16-,27-25-,62-59+. The fourth-order valence-electron chi connectivity index (χ4n) is 12.1. The van der Waals surface area contributed by atoms with E-state index in [0.29, 0.717) is 19.3 Å². The topological polar surface area (TPSA) is 175 Å². The molecule has 1 heterocycles. The summed E-state index contributed by atoms with van der Waals surface area (Å²) in [5.74, 6) is -1.17. The minimum Gasteiger partial charge on any atom is -0.454 e. The zero-order valence-corrected chi connectivity index (χ0v) is 57.2. The van der Waals surface area contributed by atoms with Crippen LogP contribution in [-0.2, 0) is 23.8 Å². The van der Waals surface area contributed by atoms with Crippen LogP contribution in [0.1, 0.15) is 374 Å². The van der Waals surface area contributed by atoms with E-state index in [0.717, 1.165) is 64.2 Å². The number of rotatable bonds is 66. The maximum atomic E-state index is 13.5. The first-order valence-corrected chi connectivity index (χ1v) is 37.8. The van der Waals surface area contributed by atoms with Crippen LogP contribution in [0.25, 0.3) is 0 Å². The summed E-state index contributed by atoms with van der Waals surface area (Å²) < 4.78 is 17.7. The van der Waals surface area contributed by atoms with Crippen molar-refractivity contribution in [3.63, 3.8) is 0 Å². The average Bonchev–Trinajstić information content (AvgIpc) is 1.53. The molecule has 0 aromatic heterocycles. The molecule has 11 heteroatoms. The van der Waals surface area contributed by atoms with Crippen LogP contribution in [0.5, 0.6) is 0 Å². The molecule has 0 aromatic rings. The van der Waals surface area contributed by atoms with Gasteiger partial charge in [0.15, 0.2) is 12.4 Å². The van der Waals surface area contributed by atoms with E-state index >= 15 is 0 Å². The highest BCUT2D eigenvalue weighted by molar-refractivity contribution is 5.80. The zero-order chi connectivity index (χ0) is 63.1. The van der Waals surface area contributed by atoms with Gasteiger partial charge in [0.2, 0.25) is 5.91 Å². The Morgan fingerprint density at radius 3 is 1.20 bits per heavy atom. The average molecular weight is 1230 g/mol. The number of carbonyl (C=O) groups excluding carboxylic acids is 2. The highest BCUT2D eigenvalue weighted by Crippen LogP contribution is 2.27. The first-order chi connectivity index (χ1) is 42.7. The van der Waals surface area contributed by atoms with Crippen LogP contribution in [0.15, 0.2) is 36.5 Å². The van der Waals surface area contributed by atoms with Gasteiger partial charge >= 0.3 is 5.97 Å². The molecule has 1 rings (SSSR count). The number of nitrogens with one attached hydrogen (secondary N) is 1.